The highest BCUT2D eigenvalue weighted by molar-refractivity contribution is 6.17. The molecule has 2 nitrogen and oxygen atoms in total. The predicted octanol–water partition coefficient (Wildman–Crippen LogP) is 5.25. The molecule has 0 radical (unpaired) electrons. The molecule has 0 saturated carbocycles. The summed E-state index contributed by atoms with van der Waals surface area (Å²) < 4.78 is 4.89. The number of rotatable bonds is 13. The third-order valence-electron chi connectivity index (χ3n) is 3.01. The van der Waals surface area contributed by atoms with E-state index >= 15 is 0 Å². The third kappa shape index (κ3) is 17.5. The van der Waals surface area contributed by atoms with Gasteiger partial charge in [0, 0.05) is 12.8 Å². The lowest BCUT2D eigenvalue weighted by molar-refractivity contribution is -0.141. The summed E-state index contributed by atoms with van der Waals surface area (Å²) in [5.41, 5.74) is 0. The van der Waals surface area contributed by atoms with Crippen LogP contribution in [0.5, 0.6) is 0 Å². The predicted molar refractivity (Wildman–Crippen MR) is 82.7 cm³/mol. The van der Waals surface area contributed by atoms with Crippen molar-refractivity contribution < 1.29 is 9.53 Å². The summed E-state index contributed by atoms with van der Waals surface area (Å²) in [6.07, 6.45) is 16.7. The fourth-order valence-electron chi connectivity index (χ4n) is 1.94. The fourth-order valence-corrected chi connectivity index (χ4v) is 2.07. The van der Waals surface area contributed by atoms with Gasteiger partial charge in [0.05, 0.1) is 6.61 Å². The Hall–Kier alpha value is -0.500. The van der Waals surface area contributed by atoms with E-state index < -0.39 is 0 Å². The van der Waals surface area contributed by atoms with Crippen molar-refractivity contribution >= 4 is 17.6 Å². The fraction of sp³-hybridized carbons (Fsp3) is 0.812. The molecule has 0 aromatic carbocycles. The van der Waals surface area contributed by atoms with E-state index in [0.29, 0.717) is 6.61 Å². The van der Waals surface area contributed by atoms with Crippen molar-refractivity contribution in [1.29, 1.82) is 0 Å². The first-order valence-electron chi connectivity index (χ1n) is 7.61. The first-order chi connectivity index (χ1) is 9.27. The largest absolute Gasteiger partial charge is 0.466 e. The van der Waals surface area contributed by atoms with Crippen LogP contribution in [-0.4, -0.2) is 18.5 Å². The van der Waals surface area contributed by atoms with E-state index in [1.807, 2.05) is 0 Å². The summed E-state index contributed by atoms with van der Waals surface area (Å²) >= 11 is 5.58. The maximum absolute atomic E-state index is 10.5. The van der Waals surface area contributed by atoms with Gasteiger partial charge in [-0.05, 0) is 25.7 Å². The van der Waals surface area contributed by atoms with Crippen molar-refractivity contribution in [3.8, 4) is 0 Å². The van der Waals surface area contributed by atoms with E-state index in [9.17, 15) is 4.79 Å². The smallest absolute Gasteiger partial charge is 0.302 e. The summed E-state index contributed by atoms with van der Waals surface area (Å²) in [5, 5.41) is 0. The molecule has 0 N–H and O–H groups in total. The van der Waals surface area contributed by atoms with Gasteiger partial charge in [0.15, 0.2) is 0 Å². The number of carbonyl (C=O) groups is 1. The summed E-state index contributed by atoms with van der Waals surface area (Å²) in [5.74, 6) is 0.564. The zero-order chi connectivity index (χ0) is 14.2. The Bertz CT molecular complexity index is 227. The molecule has 0 amide bonds. The summed E-state index contributed by atoms with van der Waals surface area (Å²) in [6.45, 7) is 2.05. The number of carbonyl (C=O) groups excluding carboxylic acids is 1. The minimum absolute atomic E-state index is 0.167. The zero-order valence-electron chi connectivity index (χ0n) is 12.3. The van der Waals surface area contributed by atoms with Gasteiger partial charge in [-0.2, -0.15) is 0 Å². The molecular weight excluding hydrogens is 260 g/mol. The first kappa shape index (κ1) is 18.5. The molecular formula is C16H29ClO2. The lowest BCUT2D eigenvalue weighted by atomic mass is 10.1. The number of esters is 1. The van der Waals surface area contributed by atoms with Crippen molar-refractivity contribution in [2.45, 2.75) is 71.1 Å². The molecule has 0 heterocycles. The molecule has 0 aliphatic heterocycles. The Morgan fingerprint density at radius 2 is 1.42 bits per heavy atom. The molecule has 0 unspecified atom stereocenters. The van der Waals surface area contributed by atoms with Gasteiger partial charge in [-0.25, -0.2) is 0 Å². The van der Waals surface area contributed by atoms with Gasteiger partial charge in [-0.15, -0.1) is 11.6 Å². The van der Waals surface area contributed by atoms with Crippen LogP contribution in [0.1, 0.15) is 71.1 Å². The zero-order valence-corrected chi connectivity index (χ0v) is 13.1. The highest BCUT2D eigenvalue weighted by atomic mass is 35.5. The first-order valence-corrected chi connectivity index (χ1v) is 8.15. The molecule has 0 fully saturated rings. The van der Waals surface area contributed by atoms with Crippen LogP contribution in [0.15, 0.2) is 12.2 Å². The topological polar surface area (TPSA) is 26.3 Å². The standard InChI is InChI=1S/C16H29ClO2/c1-16(18)19-15-13-11-9-7-5-3-2-4-6-8-10-12-14-17/h8,10H,2-7,9,11-15H2,1H3/b10-8+. The Kier molecular flexibility index (Phi) is 15.1. The van der Waals surface area contributed by atoms with Crippen LogP contribution in [-0.2, 0) is 9.53 Å². The van der Waals surface area contributed by atoms with Crippen molar-refractivity contribution in [1.82, 2.24) is 0 Å². The number of allylic oxidation sites excluding steroid dienone is 2. The number of alkyl halides is 1. The molecule has 0 atom stereocenters. The molecule has 0 aliphatic rings. The van der Waals surface area contributed by atoms with E-state index in [0.717, 1.165) is 18.7 Å². The van der Waals surface area contributed by atoms with Gasteiger partial charge in [-0.3, -0.25) is 4.79 Å². The molecule has 0 rings (SSSR count). The molecule has 112 valence electrons. The number of hydrogen-bond acceptors (Lipinski definition) is 2. The second-order valence-corrected chi connectivity index (χ2v) is 5.28. The lowest BCUT2D eigenvalue weighted by Crippen LogP contribution is -2.00. The van der Waals surface area contributed by atoms with Crippen molar-refractivity contribution in [2.24, 2.45) is 0 Å². The van der Waals surface area contributed by atoms with Crippen LogP contribution in [0.4, 0.5) is 0 Å². The Morgan fingerprint density at radius 1 is 0.895 bits per heavy atom. The monoisotopic (exact) mass is 288 g/mol. The number of ether oxygens (including phenoxy) is 1. The average molecular weight is 289 g/mol. The minimum Gasteiger partial charge on any atom is -0.466 e. The quantitative estimate of drug-likeness (QED) is 0.200. The molecule has 0 bridgehead atoms. The van der Waals surface area contributed by atoms with Gasteiger partial charge >= 0.3 is 5.97 Å². The molecule has 0 aliphatic carbocycles. The molecule has 19 heavy (non-hydrogen) atoms. The number of halogens is 1. The van der Waals surface area contributed by atoms with Crippen LogP contribution >= 0.6 is 11.6 Å². The molecule has 0 aromatic rings. The van der Waals surface area contributed by atoms with Crippen molar-refractivity contribution in [3.63, 3.8) is 0 Å². The van der Waals surface area contributed by atoms with Crippen LogP contribution in [0, 0.1) is 0 Å². The second-order valence-electron chi connectivity index (χ2n) is 4.91. The van der Waals surface area contributed by atoms with E-state index in [1.54, 1.807) is 0 Å². The van der Waals surface area contributed by atoms with E-state index in [2.05, 4.69) is 12.2 Å². The van der Waals surface area contributed by atoms with Crippen molar-refractivity contribution in [2.75, 3.05) is 12.5 Å². The minimum atomic E-state index is -0.167. The Morgan fingerprint density at radius 3 is 2.00 bits per heavy atom. The van der Waals surface area contributed by atoms with Gasteiger partial charge in [-0.1, -0.05) is 50.7 Å². The van der Waals surface area contributed by atoms with Gasteiger partial charge in [0.2, 0.25) is 0 Å². The molecule has 0 aromatic heterocycles. The normalized spacial score (nSPS) is 11.1. The average Bonchev–Trinajstić information content (AvgIpc) is 2.39. The van der Waals surface area contributed by atoms with Crippen LogP contribution < -0.4 is 0 Å². The van der Waals surface area contributed by atoms with Gasteiger partial charge in [0.1, 0.15) is 0 Å². The lowest BCUT2D eigenvalue weighted by Gasteiger charge is -2.02. The molecule has 0 saturated heterocycles. The van der Waals surface area contributed by atoms with E-state index in [4.69, 9.17) is 16.3 Å². The van der Waals surface area contributed by atoms with E-state index in [1.165, 1.54) is 58.3 Å². The van der Waals surface area contributed by atoms with E-state index in [-0.39, 0.29) is 5.97 Å². The van der Waals surface area contributed by atoms with Gasteiger partial charge in [0.25, 0.3) is 0 Å². The second kappa shape index (κ2) is 15.6. The maximum Gasteiger partial charge on any atom is 0.302 e. The summed E-state index contributed by atoms with van der Waals surface area (Å²) in [4.78, 5) is 10.5. The Balaban J connectivity index is 3.01. The Labute approximate surface area is 123 Å². The van der Waals surface area contributed by atoms with Crippen LogP contribution in [0.3, 0.4) is 0 Å². The molecule has 0 spiro atoms. The van der Waals surface area contributed by atoms with Crippen molar-refractivity contribution in [3.05, 3.63) is 12.2 Å². The summed E-state index contributed by atoms with van der Waals surface area (Å²) in [6, 6.07) is 0. The maximum atomic E-state index is 10.5. The number of unbranched alkanes of at least 4 members (excludes halogenated alkanes) is 8. The third-order valence-corrected chi connectivity index (χ3v) is 3.23. The highest BCUT2D eigenvalue weighted by Gasteiger charge is 1.94. The summed E-state index contributed by atoms with van der Waals surface area (Å²) in [7, 11) is 0. The SMILES string of the molecule is CC(=O)OCCCCCCCCCC/C=C/CCCl. The van der Waals surface area contributed by atoms with Crippen LogP contribution in [0.25, 0.3) is 0 Å². The van der Waals surface area contributed by atoms with Gasteiger partial charge < -0.3 is 4.74 Å². The number of hydrogen-bond donors (Lipinski definition) is 0. The van der Waals surface area contributed by atoms with Crippen LogP contribution in [0.2, 0.25) is 0 Å². The molecule has 3 heteroatoms. The highest BCUT2D eigenvalue weighted by Crippen LogP contribution is 2.10.